The van der Waals surface area contributed by atoms with Gasteiger partial charge in [-0.2, -0.15) is 5.10 Å². The second-order valence-electron chi connectivity index (χ2n) is 6.53. The number of carbonyl (C=O) groups excluding carboxylic acids is 1. The zero-order chi connectivity index (χ0) is 18.8. The topological polar surface area (TPSA) is 59.3 Å². The number of fused-ring (bicyclic) bond motifs is 1. The third kappa shape index (κ3) is 3.31. The molecular formula is C22H20N4O. The molecule has 2 aromatic carbocycles. The molecule has 0 spiro atoms. The van der Waals surface area contributed by atoms with Crippen LogP contribution in [-0.2, 0) is 0 Å². The van der Waals surface area contributed by atoms with Crippen molar-refractivity contribution in [3.8, 4) is 11.3 Å². The van der Waals surface area contributed by atoms with Gasteiger partial charge in [0, 0.05) is 17.8 Å². The number of carbonyl (C=O) groups is 1. The van der Waals surface area contributed by atoms with Gasteiger partial charge in [-0.1, -0.05) is 60.7 Å². The molecule has 27 heavy (non-hydrogen) atoms. The van der Waals surface area contributed by atoms with E-state index in [2.05, 4.69) is 15.4 Å². The van der Waals surface area contributed by atoms with Gasteiger partial charge in [0.2, 0.25) is 0 Å². The standard InChI is InChI=1S/C22H20N4O/c1-15(17-9-5-3-6-10-17)24-22(27)19-14-23-21-13-20(25-26(21)16(19)2)18-11-7-4-8-12-18/h3-15H,1-2H3,(H,24,27)/t15-/m1/s1. The maximum atomic E-state index is 12.8. The predicted molar refractivity (Wildman–Crippen MR) is 105 cm³/mol. The highest BCUT2D eigenvalue weighted by Crippen LogP contribution is 2.21. The highest BCUT2D eigenvalue weighted by molar-refractivity contribution is 5.95. The van der Waals surface area contributed by atoms with Crippen LogP contribution in [0.1, 0.15) is 34.6 Å². The van der Waals surface area contributed by atoms with E-state index in [4.69, 9.17) is 0 Å². The molecule has 0 aliphatic carbocycles. The average Bonchev–Trinajstić information content (AvgIpc) is 3.15. The highest BCUT2D eigenvalue weighted by Gasteiger charge is 2.17. The van der Waals surface area contributed by atoms with Crippen molar-refractivity contribution in [1.29, 1.82) is 0 Å². The summed E-state index contributed by atoms with van der Waals surface area (Å²) in [7, 11) is 0. The molecule has 1 N–H and O–H groups in total. The lowest BCUT2D eigenvalue weighted by Crippen LogP contribution is -2.28. The van der Waals surface area contributed by atoms with E-state index in [1.165, 1.54) is 0 Å². The van der Waals surface area contributed by atoms with Crippen LogP contribution in [0, 0.1) is 6.92 Å². The van der Waals surface area contributed by atoms with E-state index in [-0.39, 0.29) is 11.9 Å². The van der Waals surface area contributed by atoms with Gasteiger partial charge in [0.05, 0.1) is 23.0 Å². The predicted octanol–water partition coefficient (Wildman–Crippen LogP) is 4.20. The summed E-state index contributed by atoms with van der Waals surface area (Å²) in [5.74, 6) is -0.157. The Kier molecular flexibility index (Phi) is 4.42. The normalized spacial score (nSPS) is 12.1. The van der Waals surface area contributed by atoms with Crippen LogP contribution in [0.4, 0.5) is 0 Å². The molecule has 0 fully saturated rings. The molecule has 5 nitrogen and oxygen atoms in total. The smallest absolute Gasteiger partial charge is 0.255 e. The molecule has 0 bridgehead atoms. The minimum absolute atomic E-state index is 0.0914. The van der Waals surface area contributed by atoms with Gasteiger partial charge in [-0.05, 0) is 19.4 Å². The molecule has 0 saturated heterocycles. The quantitative estimate of drug-likeness (QED) is 0.596. The molecule has 0 aliphatic rings. The van der Waals surface area contributed by atoms with Crippen LogP contribution in [0.2, 0.25) is 0 Å². The lowest BCUT2D eigenvalue weighted by atomic mass is 10.1. The Morgan fingerprint density at radius 1 is 1.04 bits per heavy atom. The molecule has 1 amide bonds. The van der Waals surface area contributed by atoms with Crippen molar-refractivity contribution in [2.24, 2.45) is 0 Å². The van der Waals surface area contributed by atoms with Gasteiger partial charge in [0.1, 0.15) is 0 Å². The summed E-state index contributed by atoms with van der Waals surface area (Å²) < 4.78 is 1.73. The number of aromatic nitrogens is 3. The fourth-order valence-corrected chi connectivity index (χ4v) is 3.12. The SMILES string of the molecule is Cc1c(C(=O)N[C@H](C)c2ccccc2)cnc2cc(-c3ccccc3)nn12. The van der Waals surface area contributed by atoms with E-state index in [1.54, 1.807) is 10.7 Å². The van der Waals surface area contributed by atoms with Crippen molar-refractivity contribution in [3.05, 3.63) is 89.7 Å². The monoisotopic (exact) mass is 356 g/mol. The molecule has 0 aliphatic heterocycles. The summed E-state index contributed by atoms with van der Waals surface area (Å²) in [4.78, 5) is 17.2. The fourth-order valence-electron chi connectivity index (χ4n) is 3.12. The molecule has 4 rings (SSSR count). The molecule has 4 aromatic rings. The largest absolute Gasteiger partial charge is 0.345 e. The van der Waals surface area contributed by atoms with Gasteiger partial charge in [0.25, 0.3) is 5.91 Å². The Balaban J connectivity index is 1.64. The molecule has 5 heteroatoms. The number of nitrogens with zero attached hydrogens (tertiary/aromatic N) is 3. The number of hydrogen-bond acceptors (Lipinski definition) is 3. The maximum absolute atomic E-state index is 12.8. The van der Waals surface area contributed by atoms with Crippen LogP contribution < -0.4 is 5.32 Å². The molecule has 2 heterocycles. The van der Waals surface area contributed by atoms with Gasteiger partial charge in [0.15, 0.2) is 5.65 Å². The van der Waals surface area contributed by atoms with Gasteiger partial charge < -0.3 is 5.32 Å². The van der Waals surface area contributed by atoms with Gasteiger partial charge in [-0.15, -0.1) is 0 Å². The third-order valence-corrected chi connectivity index (χ3v) is 4.69. The summed E-state index contributed by atoms with van der Waals surface area (Å²) in [5.41, 5.74) is 4.92. The van der Waals surface area contributed by atoms with Gasteiger partial charge in [-0.3, -0.25) is 4.79 Å². The van der Waals surface area contributed by atoms with Crippen molar-refractivity contribution in [1.82, 2.24) is 19.9 Å². The summed E-state index contributed by atoms with van der Waals surface area (Å²) in [6.45, 7) is 3.86. The van der Waals surface area contributed by atoms with E-state index < -0.39 is 0 Å². The summed E-state index contributed by atoms with van der Waals surface area (Å²) in [6.07, 6.45) is 1.62. The van der Waals surface area contributed by atoms with Gasteiger partial charge >= 0.3 is 0 Å². The van der Waals surface area contributed by atoms with Crippen molar-refractivity contribution >= 4 is 11.6 Å². The first-order valence-electron chi connectivity index (χ1n) is 8.90. The van der Waals surface area contributed by atoms with E-state index in [0.717, 1.165) is 28.2 Å². The number of nitrogens with one attached hydrogen (secondary N) is 1. The Morgan fingerprint density at radius 2 is 1.70 bits per heavy atom. The summed E-state index contributed by atoms with van der Waals surface area (Å²) in [6, 6.07) is 21.7. The maximum Gasteiger partial charge on any atom is 0.255 e. The Hall–Kier alpha value is -3.47. The van der Waals surface area contributed by atoms with Crippen LogP contribution >= 0.6 is 0 Å². The van der Waals surface area contributed by atoms with Crippen molar-refractivity contribution in [2.75, 3.05) is 0 Å². The number of benzene rings is 2. The van der Waals surface area contributed by atoms with E-state index >= 15 is 0 Å². The van der Waals surface area contributed by atoms with Crippen LogP contribution in [0.3, 0.4) is 0 Å². The summed E-state index contributed by atoms with van der Waals surface area (Å²) >= 11 is 0. The second kappa shape index (κ2) is 7.03. The van der Waals surface area contributed by atoms with E-state index in [9.17, 15) is 4.79 Å². The first-order valence-corrected chi connectivity index (χ1v) is 8.90. The first kappa shape index (κ1) is 17.0. The van der Waals surface area contributed by atoms with Crippen LogP contribution in [0.5, 0.6) is 0 Å². The van der Waals surface area contributed by atoms with Crippen LogP contribution in [0.15, 0.2) is 72.9 Å². The molecule has 1 atom stereocenters. The number of hydrogen-bond donors (Lipinski definition) is 1. The summed E-state index contributed by atoms with van der Waals surface area (Å²) in [5, 5.41) is 7.67. The molecule has 0 unspecified atom stereocenters. The van der Waals surface area contributed by atoms with Crippen molar-refractivity contribution < 1.29 is 4.79 Å². The van der Waals surface area contributed by atoms with E-state index in [0.29, 0.717) is 5.56 Å². The zero-order valence-corrected chi connectivity index (χ0v) is 15.3. The van der Waals surface area contributed by atoms with Crippen molar-refractivity contribution in [3.63, 3.8) is 0 Å². The van der Waals surface area contributed by atoms with E-state index in [1.807, 2.05) is 80.6 Å². The minimum Gasteiger partial charge on any atom is -0.345 e. The molecular weight excluding hydrogens is 336 g/mol. The van der Waals surface area contributed by atoms with Crippen molar-refractivity contribution in [2.45, 2.75) is 19.9 Å². The lowest BCUT2D eigenvalue weighted by molar-refractivity contribution is 0.0938. The Morgan fingerprint density at radius 3 is 2.41 bits per heavy atom. The highest BCUT2D eigenvalue weighted by atomic mass is 16.1. The minimum atomic E-state index is -0.157. The third-order valence-electron chi connectivity index (χ3n) is 4.69. The first-order chi connectivity index (χ1) is 13.1. The average molecular weight is 356 g/mol. The number of amides is 1. The van der Waals surface area contributed by atoms with Crippen LogP contribution in [0.25, 0.3) is 16.9 Å². The zero-order valence-electron chi connectivity index (χ0n) is 15.3. The molecule has 2 aromatic heterocycles. The van der Waals surface area contributed by atoms with Crippen LogP contribution in [-0.4, -0.2) is 20.5 Å². The Bertz CT molecular complexity index is 1090. The molecule has 134 valence electrons. The van der Waals surface area contributed by atoms with Gasteiger partial charge in [-0.25, -0.2) is 9.50 Å². The number of aryl methyl sites for hydroxylation is 1. The Labute approximate surface area is 157 Å². The number of rotatable bonds is 4. The second-order valence-corrected chi connectivity index (χ2v) is 6.53. The molecule has 0 saturated carbocycles. The lowest BCUT2D eigenvalue weighted by Gasteiger charge is -2.15. The fraction of sp³-hybridized carbons (Fsp3) is 0.136. The molecule has 0 radical (unpaired) electrons.